The fourth-order valence-corrected chi connectivity index (χ4v) is 4.03. The Morgan fingerprint density at radius 2 is 1.85 bits per heavy atom. The summed E-state index contributed by atoms with van der Waals surface area (Å²) in [4.78, 5) is 26.0. The van der Waals surface area contributed by atoms with E-state index in [-0.39, 0.29) is 18.1 Å². The quantitative estimate of drug-likeness (QED) is 0.416. The molecule has 0 saturated carbocycles. The van der Waals surface area contributed by atoms with Gasteiger partial charge in [-0.2, -0.15) is 0 Å². The van der Waals surface area contributed by atoms with E-state index >= 15 is 0 Å². The average Bonchev–Trinajstić information content (AvgIpc) is 3.17. The second kappa shape index (κ2) is 9.03. The van der Waals surface area contributed by atoms with E-state index in [9.17, 15) is 9.59 Å². The summed E-state index contributed by atoms with van der Waals surface area (Å²) in [5, 5.41) is 5.44. The van der Waals surface area contributed by atoms with Crippen molar-refractivity contribution in [2.75, 3.05) is 11.1 Å². The molecule has 1 N–H and O–H groups in total. The van der Waals surface area contributed by atoms with Crippen molar-refractivity contribution < 1.29 is 9.59 Å². The molecule has 1 aromatic heterocycles. The predicted molar refractivity (Wildman–Crippen MR) is 110 cm³/mol. The van der Waals surface area contributed by atoms with Gasteiger partial charge in [0.25, 0.3) is 0 Å². The van der Waals surface area contributed by atoms with Crippen LogP contribution in [0, 0.1) is 0 Å². The fourth-order valence-electron chi connectivity index (χ4n) is 2.31. The van der Waals surface area contributed by atoms with Crippen molar-refractivity contribution in [3.63, 3.8) is 0 Å². The van der Waals surface area contributed by atoms with Gasteiger partial charge in [0, 0.05) is 15.6 Å². The molecule has 0 spiro atoms. The van der Waals surface area contributed by atoms with Gasteiger partial charge in [0.15, 0.2) is 5.78 Å². The molecule has 0 aliphatic heterocycles. The molecule has 2 aromatic carbocycles. The van der Waals surface area contributed by atoms with Crippen molar-refractivity contribution in [1.82, 2.24) is 0 Å². The molecule has 3 aromatic rings. The van der Waals surface area contributed by atoms with Crippen LogP contribution in [-0.4, -0.2) is 17.4 Å². The number of rotatable bonds is 7. The van der Waals surface area contributed by atoms with Crippen LogP contribution in [0.5, 0.6) is 0 Å². The maximum absolute atomic E-state index is 12.2. The van der Waals surface area contributed by atoms with Crippen molar-refractivity contribution in [2.24, 2.45) is 0 Å². The molecule has 0 bridgehead atoms. The Morgan fingerprint density at radius 1 is 1.04 bits per heavy atom. The second-order valence-corrected chi connectivity index (χ2v) is 8.00. The van der Waals surface area contributed by atoms with Gasteiger partial charge in [-0.1, -0.05) is 35.9 Å². The Hall–Kier alpha value is -2.08. The maximum Gasteiger partial charge on any atom is 0.228 e. The lowest BCUT2D eigenvalue weighted by Crippen LogP contribution is -2.14. The first kappa shape index (κ1) is 18.7. The molecule has 3 rings (SSSR count). The van der Waals surface area contributed by atoms with Gasteiger partial charge in [0.1, 0.15) is 0 Å². The molecule has 0 saturated heterocycles. The average molecular weight is 402 g/mol. The summed E-state index contributed by atoms with van der Waals surface area (Å²) in [5.74, 6) is 0.397. The number of ketones is 1. The van der Waals surface area contributed by atoms with Crippen molar-refractivity contribution in [3.8, 4) is 0 Å². The highest BCUT2D eigenvalue weighted by atomic mass is 35.5. The van der Waals surface area contributed by atoms with Gasteiger partial charge < -0.3 is 5.32 Å². The van der Waals surface area contributed by atoms with E-state index in [1.54, 1.807) is 12.1 Å². The first-order valence-electron chi connectivity index (χ1n) is 7.94. The van der Waals surface area contributed by atoms with E-state index in [4.69, 9.17) is 11.6 Å². The third-order valence-electron chi connectivity index (χ3n) is 3.56. The minimum atomic E-state index is -0.0934. The molecule has 26 heavy (non-hydrogen) atoms. The van der Waals surface area contributed by atoms with Crippen molar-refractivity contribution in [1.29, 1.82) is 0 Å². The molecule has 1 amide bonds. The number of hydrogen-bond donors (Lipinski definition) is 1. The van der Waals surface area contributed by atoms with Gasteiger partial charge >= 0.3 is 0 Å². The molecule has 6 heteroatoms. The largest absolute Gasteiger partial charge is 0.326 e. The number of thiophene rings is 1. The number of nitrogens with one attached hydrogen (secondary N) is 1. The zero-order valence-corrected chi connectivity index (χ0v) is 16.2. The number of Topliss-reactive ketones (excluding diaryl/α,β-unsaturated/α-hetero) is 1. The topological polar surface area (TPSA) is 46.2 Å². The van der Waals surface area contributed by atoms with Crippen LogP contribution in [0.15, 0.2) is 70.9 Å². The second-order valence-electron chi connectivity index (χ2n) is 5.57. The Labute approximate surface area is 165 Å². The standard InChI is InChI=1S/C20H16ClNO2S2/c21-15-8-6-14(7-9-15)11-20(24)22-16-3-1-4-17(12-16)26-13-18(23)19-5-2-10-25-19/h1-10,12H,11,13H2,(H,22,24). The van der Waals surface area contributed by atoms with Crippen LogP contribution in [0.1, 0.15) is 15.2 Å². The summed E-state index contributed by atoms with van der Waals surface area (Å²) in [7, 11) is 0. The monoisotopic (exact) mass is 401 g/mol. The molecule has 1 heterocycles. The normalized spacial score (nSPS) is 10.5. The third-order valence-corrected chi connectivity index (χ3v) is 5.72. The Kier molecular flexibility index (Phi) is 6.50. The SMILES string of the molecule is O=C(Cc1ccc(Cl)cc1)Nc1cccc(SCC(=O)c2cccs2)c1. The van der Waals surface area contributed by atoms with Gasteiger partial charge in [0.2, 0.25) is 5.91 Å². The number of amides is 1. The summed E-state index contributed by atoms with van der Waals surface area (Å²) < 4.78 is 0. The van der Waals surface area contributed by atoms with Crippen LogP contribution < -0.4 is 5.32 Å². The van der Waals surface area contributed by atoms with Crippen LogP contribution in [0.25, 0.3) is 0 Å². The highest BCUT2D eigenvalue weighted by molar-refractivity contribution is 8.00. The minimum absolute atomic E-state index is 0.0934. The summed E-state index contributed by atoms with van der Waals surface area (Å²) in [5.41, 5.74) is 1.62. The Bertz CT molecular complexity index is 892. The number of benzene rings is 2. The maximum atomic E-state index is 12.2. The molecule has 0 radical (unpaired) electrons. The summed E-state index contributed by atoms with van der Waals surface area (Å²) in [6, 6.07) is 18.4. The molecule has 0 aliphatic carbocycles. The van der Waals surface area contributed by atoms with E-state index in [2.05, 4.69) is 5.32 Å². The van der Waals surface area contributed by atoms with Gasteiger partial charge in [-0.15, -0.1) is 23.1 Å². The lowest BCUT2D eigenvalue weighted by atomic mass is 10.1. The molecule has 0 atom stereocenters. The number of hydrogen-bond acceptors (Lipinski definition) is 4. The first-order valence-corrected chi connectivity index (χ1v) is 10.2. The smallest absolute Gasteiger partial charge is 0.228 e. The summed E-state index contributed by atoms with van der Waals surface area (Å²) in [6.07, 6.45) is 0.283. The van der Waals surface area contributed by atoms with E-state index in [1.807, 2.05) is 53.9 Å². The van der Waals surface area contributed by atoms with Gasteiger partial charge in [-0.05, 0) is 47.3 Å². The van der Waals surface area contributed by atoms with E-state index in [0.717, 1.165) is 21.0 Å². The predicted octanol–water partition coefficient (Wildman–Crippen LogP) is 5.56. The fraction of sp³-hybridized carbons (Fsp3) is 0.100. The van der Waals surface area contributed by atoms with Gasteiger partial charge in [0.05, 0.1) is 17.1 Å². The van der Waals surface area contributed by atoms with Crippen LogP contribution in [0.4, 0.5) is 5.69 Å². The number of anilines is 1. The molecular weight excluding hydrogens is 386 g/mol. The van der Waals surface area contributed by atoms with E-state index in [1.165, 1.54) is 23.1 Å². The van der Waals surface area contributed by atoms with Crippen molar-refractivity contribution >= 4 is 52.1 Å². The van der Waals surface area contributed by atoms with Crippen LogP contribution in [0.2, 0.25) is 5.02 Å². The first-order chi connectivity index (χ1) is 12.6. The molecule has 3 nitrogen and oxygen atoms in total. The zero-order chi connectivity index (χ0) is 18.4. The number of carbonyl (C=O) groups is 2. The van der Waals surface area contributed by atoms with E-state index in [0.29, 0.717) is 10.8 Å². The number of carbonyl (C=O) groups excluding carboxylic acids is 2. The lowest BCUT2D eigenvalue weighted by Gasteiger charge is -2.07. The van der Waals surface area contributed by atoms with Crippen molar-refractivity contribution in [3.05, 3.63) is 81.5 Å². The highest BCUT2D eigenvalue weighted by Gasteiger charge is 2.09. The van der Waals surface area contributed by atoms with Gasteiger partial charge in [-0.3, -0.25) is 9.59 Å². The number of thioether (sulfide) groups is 1. The lowest BCUT2D eigenvalue weighted by molar-refractivity contribution is -0.115. The molecular formula is C20H16ClNO2S2. The third kappa shape index (κ3) is 5.46. The molecule has 0 aliphatic rings. The highest BCUT2D eigenvalue weighted by Crippen LogP contribution is 2.23. The van der Waals surface area contributed by atoms with Crippen LogP contribution in [0.3, 0.4) is 0 Å². The number of halogens is 1. The van der Waals surface area contributed by atoms with E-state index < -0.39 is 0 Å². The molecule has 0 unspecified atom stereocenters. The molecule has 0 fully saturated rings. The van der Waals surface area contributed by atoms with Crippen LogP contribution >= 0.6 is 34.7 Å². The Balaban J connectivity index is 1.55. The summed E-state index contributed by atoms with van der Waals surface area (Å²) >= 11 is 8.77. The minimum Gasteiger partial charge on any atom is -0.326 e. The van der Waals surface area contributed by atoms with Crippen LogP contribution in [-0.2, 0) is 11.2 Å². The zero-order valence-electron chi connectivity index (χ0n) is 13.8. The van der Waals surface area contributed by atoms with Gasteiger partial charge in [-0.25, -0.2) is 0 Å². The Morgan fingerprint density at radius 3 is 2.58 bits per heavy atom. The van der Waals surface area contributed by atoms with Crippen molar-refractivity contribution in [2.45, 2.75) is 11.3 Å². The molecule has 132 valence electrons. The summed E-state index contributed by atoms with van der Waals surface area (Å²) in [6.45, 7) is 0.